The monoisotopic (exact) mass is 473 g/mol. The van der Waals surface area contributed by atoms with E-state index in [1.807, 2.05) is 60.4 Å². The average Bonchev–Trinajstić information content (AvgIpc) is 2.87. The number of methoxy groups -OCH3 is 3. The first-order chi connectivity index (χ1) is 16.5. The van der Waals surface area contributed by atoms with Crippen LogP contribution in [0.1, 0.15) is 23.7 Å². The van der Waals surface area contributed by atoms with E-state index in [0.717, 1.165) is 22.6 Å². The molecule has 0 amide bonds. The van der Waals surface area contributed by atoms with Gasteiger partial charge in [-0.15, -0.1) is 0 Å². The number of benzene rings is 2. The number of hydrogen-bond acceptors (Lipinski definition) is 7. The minimum Gasteiger partial charge on any atom is -0.497 e. The number of anilines is 1. The van der Waals surface area contributed by atoms with E-state index >= 15 is 0 Å². The van der Waals surface area contributed by atoms with Crippen molar-refractivity contribution in [3.05, 3.63) is 65.4 Å². The average molecular weight is 474 g/mol. The van der Waals surface area contributed by atoms with Crippen LogP contribution >= 0.6 is 0 Å². The second-order valence-corrected chi connectivity index (χ2v) is 7.42. The molecule has 0 spiro atoms. The summed E-state index contributed by atoms with van der Waals surface area (Å²) < 4.78 is 46.7. The molecule has 0 aliphatic carbocycles. The van der Waals surface area contributed by atoms with E-state index in [2.05, 4.69) is 9.97 Å². The van der Waals surface area contributed by atoms with E-state index < -0.39 is 13.0 Å². The van der Waals surface area contributed by atoms with E-state index in [1.54, 1.807) is 14.2 Å². The summed E-state index contributed by atoms with van der Waals surface area (Å²) in [5, 5.41) is 0. The lowest BCUT2D eigenvalue weighted by Gasteiger charge is -2.25. The number of aromatic nitrogens is 2. The second-order valence-electron chi connectivity index (χ2n) is 7.42. The molecule has 0 aliphatic rings. The zero-order valence-electron chi connectivity index (χ0n) is 19.8. The van der Waals surface area contributed by atoms with Gasteiger partial charge in [-0.05, 0) is 41.8 Å². The Bertz CT molecular complexity index is 973. The summed E-state index contributed by atoms with van der Waals surface area (Å²) in [4.78, 5) is 11.2. The van der Waals surface area contributed by atoms with Gasteiger partial charge in [-0.3, -0.25) is 0 Å². The van der Waals surface area contributed by atoms with Crippen molar-refractivity contribution in [3.63, 3.8) is 0 Å². The summed E-state index contributed by atoms with van der Waals surface area (Å²) in [7, 11) is 4.67. The van der Waals surface area contributed by atoms with Crippen LogP contribution in [0.3, 0.4) is 0 Å². The van der Waals surface area contributed by atoms with Crippen molar-refractivity contribution >= 4 is 5.95 Å². The molecule has 3 rings (SSSR count). The highest BCUT2D eigenvalue weighted by molar-refractivity contribution is 5.46. The highest BCUT2D eigenvalue weighted by atomic mass is 19.3. The van der Waals surface area contributed by atoms with Gasteiger partial charge >= 0.3 is 0 Å². The maximum atomic E-state index is 12.8. The van der Waals surface area contributed by atoms with E-state index in [-0.39, 0.29) is 11.6 Å². The van der Waals surface area contributed by atoms with Crippen molar-refractivity contribution < 1.29 is 27.7 Å². The first-order valence-electron chi connectivity index (χ1n) is 10.8. The van der Waals surface area contributed by atoms with Gasteiger partial charge in [-0.1, -0.05) is 31.2 Å². The smallest absolute Gasteiger partial charge is 0.272 e. The van der Waals surface area contributed by atoms with Gasteiger partial charge < -0.3 is 23.8 Å². The third-order valence-electron chi connectivity index (χ3n) is 5.12. The Morgan fingerprint density at radius 2 is 1.32 bits per heavy atom. The summed E-state index contributed by atoms with van der Waals surface area (Å²) in [6.45, 7) is 2.12. The Morgan fingerprint density at radius 3 is 1.74 bits per heavy atom. The summed E-state index contributed by atoms with van der Waals surface area (Å²) in [6, 6.07) is 15.4. The van der Waals surface area contributed by atoms with Crippen molar-refractivity contribution in [2.75, 3.05) is 32.8 Å². The molecule has 2 aromatic carbocycles. The fourth-order valence-electron chi connectivity index (χ4n) is 3.37. The summed E-state index contributed by atoms with van der Waals surface area (Å²) in [5.74, 6) is 2.19. The third kappa shape index (κ3) is 6.46. The summed E-state index contributed by atoms with van der Waals surface area (Å²) in [6.07, 6.45) is -2.15. The second kappa shape index (κ2) is 12.0. The van der Waals surface area contributed by atoms with E-state index in [0.29, 0.717) is 31.2 Å². The van der Waals surface area contributed by atoms with E-state index in [4.69, 9.17) is 18.9 Å². The van der Waals surface area contributed by atoms with Crippen LogP contribution in [-0.2, 0) is 19.5 Å². The quantitative estimate of drug-likeness (QED) is 0.370. The molecule has 0 radical (unpaired) electrons. The molecule has 0 aliphatic heterocycles. The minimum absolute atomic E-state index is 0.122. The predicted octanol–water partition coefficient (Wildman–Crippen LogP) is 4.92. The topological polar surface area (TPSA) is 65.9 Å². The number of rotatable bonds is 12. The molecule has 1 aromatic heterocycles. The van der Waals surface area contributed by atoms with Crippen LogP contribution in [0, 0.1) is 0 Å². The molecule has 0 fully saturated rings. The number of ether oxygens (including phenoxy) is 4. The maximum Gasteiger partial charge on any atom is 0.272 e. The normalized spacial score (nSPS) is 10.8. The van der Waals surface area contributed by atoms with Gasteiger partial charge in [0.2, 0.25) is 11.7 Å². The predicted molar refractivity (Wildman–Crippen MR) is 125 cm³/mol. The van der Waals surface area contributed by atoms with E-state index in [1.165, 1.54) is 7.11 Å². The molecule has 7 nitrogen and oxygen atoms in total. The standard InChI is InChI=1S/C25H29F2N3O4/c1-5-21-23(34-16-22(26)27)24(33-4)29-25(28-21)30(14-17-6-10-19(31-2)11-7-17)15-18-8-12-20(32-3)13-9-18/h6-13,22H,5,14-16H2,1-4H3. The SMILES string of the molecule is CCc1nc(N(Cc2ccc(OC)cc2)Cc2ccc(OC)cc2)nc(OC)c1OCC(F)F. The van der Waals surface area contributed by atoms with Crippen molar-refractivity contribution in [2.45, 2.75) is 32.9 Å². The fourth-order valence-corrected chi connectivity index (χ4v) is 3.37. The molecule has 0 atom stereocenters. The Morgan fingerprint density at radius 1 is 0.794 bits per heavy atom. The van der Waals surface area contributed by atoms with Crippen LogP contribution in [0.4, 0.5) is 14.7 Å². The molecular formula is C25H29F2N3O4. The van der Waals surface area contributed by atoms with Crippen molar-refractivity contribution in [1.82, 2.24) is 9.97 Å². The maximum absolute atomic E-state index is 12.8. The molecule has 0 bridgehead atoms. The largest absolute Gasteiger partial charge is 0.497 e. The van der Waals surface area contributed by atoms with Gasteiger partial charge in [0.1, 0.15) is 18.1 Å². The van der Waals surface area contributed by atoms with Crippen LogP contribution in [0.15, 0.2) is 48.5 Å². The fraction of sp³-hybridized carbons (Fsp3) is 0.360. The Hall–Kier alpha value is -3.62. The number of nitrogens with zero attached hydrogens (tertiary/aromatic N) is 3. The number of hydrogen-bond donors (Lipinski definition) is 0. The van der Waals surface area contributed by atoms with Crippen molar-refractivity contribution in [1.29, 1.82) is 0 Å². The van der Waals surface area contributed by atoms with Crippen LogP contribution in [0.5, 0.6) is 23.1 Å². The lowest BCUT2D eigenvalue weighted by molar-refractivity contribution is 0.0793. The minimum atomic E-state index is -2.62. The van der Waals surface area contributed by atoms with Crippen LogP contribution in [0.2, 0.25) is 0 Å². The Kier molecular flexibility index (Phi) is 8.84. The molecule has 182 valence electrons. The zero-order valence-corrected chi connectivity index (χ0v) is 19.8. The highest BCUT2D eigenvalue weighted by Gasteiger charge is 2.21. The van der Waals surface area contributed by atoms with Gasteiger partial charge in [0, 0.05) is 13.1 Å². The summed E-state index contributed by atoms with van der Waals surface area (Å²) in [5.41, 5.74) is 2.54. The van der Waals surface area contributed by atoms with Gasteiger partial charge in [-0.25, -0.2) is 13.8 Å². The Balaban J connectivity index is 1.98. The van der Waals surface area contributed by atoms with Crippen LogP contribution in [0.25, 0.3) is 0 Å². The molecule has 1 heterocycles. The van der Waals surface area contributed by atoms with Crippen LogP contribution < -0.4 is 23.8 Å². The van der Waals surface area contributed by atoms with Crippen LogP contribution in [-0.4, -0.2) is 44.3 Å². The lowest BCUT2D eigenvalue weighted by Crippen LogP contribution is -2.25. The lowest BCUT2D eigenvalue weighted by atomic mass is 10.1. The van der Waals surface area contributed by atoms with Gasteiger partial charge in [0.15, 0.2) is 0 Å². The van der Waals surface area contributed by atoms with Crippen molar-refractivity contribution in [2.24, 2.45) is 0 Å². The Labute approximate surface area is 198 Å². The number of aryl methyl sites for hydroxylation is 1. The number of alkyl halides is 2. The third-order valence-corrected chi connectivity index (χ3v) is 5.12. The van der Waals surface area contributed by atoms with Gasteiger partial charge in [0.25, 0.3) is 12.3 Å². The molecular weight excluding hydrogens is 444 g/mol. The summed E-state index contributed by atoms with van der Waals surface area (Å²) >= 11 is 0. The first kappa shape index (κ1) is 25.0. The number of halogens is 2. The van der Waals surface area contributed by atoms with Crippen molar-refractivity contribution in [3.8, 4) is 23.1 Å². The molecule has 0 saturated heterocycles. The molecule has 3 aromatic rings. The molecule has 9 heteroatoms. The highest BCUT2D eigenvalue weighted by Crippen LogP contribution is 2.32. The molecule has 34 heavy (non-hydrogen) atoms. The molecule has 0 unspecified atom stereocenters. The van der Waals surface area contributed by atoms with Gasteiger partial charge in [-0.2, -0.15) is 4.98 Å². The zero-order chi connectivity index (χ0) is 24.5. The molecule has 0 N–H and O–H groups in total. The van der Waals surface area contributed by atoms with E-state index in [9.17, 15) is 8.78 Å². The first-order valence-corrected chi connectivity index (χ1v) is 10.8. The van der Waals surface area contributed by atoms with Gasteiger partial charge in [0.05, 0.1) is 27.0 Å². The molecule has 0 saturated carbocycles.